The minimum atomic E-state index is -4.53. The van der Waals surface area contributed by atoms with Crippen LogP contribution in [0.25, 0.3) is 5.57 Å². The quantitative estimate of drug-likeness (QED) is 0.722. The molecule has 0 aromatic heterocycles. The molecule has 1 aromatic carbocycles. The van der Waals surface area contributed by atoms with Gasteiger partial charge in [-0.3, -0.25) is 4.79 Å². The summed E-state index contributed by atoms with van der Waals surface area (Å²) in [5, 5.41) is 0. The van der Waals surface area contributed by atoms with E-state index in [0.717, 1.165) is 12.5 Å². The number of hydrogen-bond donors (Lipinski definition) is 0. The zero-order valence-electron chi connectivity index (χ0n) is 11.4. The second-order valence-electron chi connectivity index (χ2n) is 5.49. The van der Waals surface area contributed by atoms with Crippen molar-refractivity contribution in [3.8, 4) is 0 Å². The van der Waals surface area contributed by atoms with Crippen LogP contribution in [0, 0.1) is 0 Å². The van der Waals surface area contributed by atoms with Crippen molar-refractivity contribution in [1.29, 1.82) is 0 Å². The number of carbonyl (C=O) groups is 1. The molecule has 0 aliphatic carbocycles. The van der Waals surface area contributed by atoms with Gasteiger partial charge < -0.3 is 0 Å². The highest BCUT2D eigenvalue weighted by atomic mass is 19.4. The maximum Gasteiger partial charge on any atom is 0.417 e. The number of ketones is 1. The van der Waals surface area contributed by atoms with Gasteiger partial charge in [0.1, 0.15) is 0 Å². The first-order valence-electron chi connectivity index (χ1n) is 5.92. The van der Waals surface area contributed by atoms with Gasteiger partial charge in [-0.2, -0.15) is 13.2 Å². The minimum absolute atomic E-state index is 0.00991. The van der Waals surface area contributed by atoms with Crippen molar-refractivity contribution in [1.82, 2.24) is 0 Å². The standard InChI is InChI=1S/C15H17F3O/c1-10(19)9-13(15(16,17)18)11-5-7-12(8-6-11)14(2,3)4/h5-9H,1-4H3/b13-9+. The molecule has 0 N–H and O–H groups in total. The fourth-order valence-electron chi connectivity index (χ4n) is 1.68. The third-order valence-corrected chi connectivity index (χ3v) is 2.71. The Labute approximate surface area is 111 Å². The van der Waals surface area contributed by atoms with Gasteiger partial charge in [-0.15, -0.1) is 0 Å². The molecular formula is C15H17F3O. The summed E-state index contributed by atoms with van der Waals surface area (Å²) in [4.78, 5) is 10.9. The fourth-order valence-corrected chi connectivity index (χ4v) is 1.68. The van der Waals surface area contributed by atoms with Crippen molar-refractivity contribution in [2.45, 2.75) is 39.3 Å². The Morgan fingerprint density at radius 2 is 1.53 bits per heavy atom. The van der Waals surface area contributed by atoms with Crippen molar-refractivity contribution in [2.24, 2.45) is 0 Å². The molecule has 0 heterocycles. The van der Waals surface area contributed by atoms with E-state index in [1.54, 1.807) is 12.1 Å². The van der Waals surface area contributed by atoms with Gasteiger partial charge in [0, 0.05) is 0 Å². The highest BCUT2D eigenvalue weighted by Crippen LogP contribution is 2.34. The van der Waals surface area contributed by atoms with Crippen molar-refractivity contribution < 1.29 is 18.0 Å². The zero-order chi connectivity index (χ0) is 14.8. The third-order valence-electron chi connectivity index (χ3n) is 2.71. The van der Waals surface area contributed by atoms with E-state index >= 15 is 0 Å². The molecule has 0 amide bonds. The Morgan fingerprint density at radius 1 is 1.05 bits per heavy atom. The highest BCUT2D eigenvalue weighted by molar-refractivity contribution is 5.96. The lowest BCUT2D eigenvalue weighted by Crippen LogP contribution is -2.14. The summed E-state index contributed by atoms with van der Waals surface area (Å²) in [6.45, 7) is 7.06. The van der Waals surface area contributed by atoms with Crippen LogP contribution in [-0.4, -0.2) is 12.0 Å². The third kappa shape index (κ3) is 4.23. The molecule has 0 radical (unpaired) electrons. The summed E-state index contributed by atoms with van der Waals surface area (Å²) >= 11 is 0. The molecule has 19 heavy (non-hydrogen) atoms. The first-order valence-corrected chi connectivity index (χ1v) is 5.92. The van der Waals surface area contributed by atoms with E-state index in [4.69, 9.17) is 0 Å². The Hall–Kier alpha value is -1.58. The van der Waals surface area contributed by atoms with E-state index in [9.17, 15) is 18.0 Å². The van der Waals surface area contributed by atoms with Crippen LogP contribution in [0.2, 0.25) is 0 Å². The van der Waals surface area contributed by atoms with Crippen molar-refractivity contribution in [3.63, 3.8) is 0 Å². The van der Waals surface area contributed by atoms with E-state index in [0.29, 0.717) is 6.08 Å². The number of rotatable bonds is 2. The summed E-state index contributed by atoms with van der Waals surface area (Å²) < 4.78 is 38.6. The Morgan fingerprint density at radius 3 is 1.84 bits per heavy atom. The first-order chi connectivity index (χ1) is 8.51. The number of benzene rings is 1. The average Bonchev–Trinajstić information content (AvgIpc) is 2.23. The minimum Gasteiger partial charge on any atom is -0.295 e. The second-order valence-corrected chi connectivity index (χ2v) is 5.49. The molecule has 1 rings (SSSR count). The van der Waals surface area contributed by atoms with Crippen LogP contribution in [0.15, 0.2) is 30.3 Å². The zero-order valence-corrected chi connectivity index (χ0v) is 11.4. The number of hydrogen-bond acceptors (Lipinski definition) is 1. The molecule has 0 atom stereocenters. The van der Waals surface area contributed by atoms with Crippen LogP contribution in [0.4, 0.5) is 13.2 Å². The van der Waals surface area contributed by atoms with Crippen molar-refractivity contribution in [3.05, 3.63) is 41.5 Å². The van der Waals surface area contributed by atoms with Gasteiger partial charge in [0.15, 0.2) is 5.78 Å². The van der Waals surface area contributed by atoms with Gasteiger partial charge in [0.2, 0.25) is 0 Å². The number of halogens is 3. The monoisotopic (exact) mass is 270 g/mol. The second kappa shape index (κ2) is 5.19. The van der Waals surface area contributed by atoms with Crippen LogP contribution in [0.5, 0.6) is 0 Å². The van der Waals surface area contributed by atoms with Crippen LogP contribution in [-0.2, 0) is 10.2 Å². The predicted molar refractivity (Wildman–Crippen MR) is 69.9 cm³/mol. The highest BCUT2D eigenvalue weighted by Gasteiger charge is 2.35. The Bertz CT molecular complexity index is 488. The molecule has 0 aliphatic rings. The molecule has 0 aliphatic heterocycles. The van der Waals surface area contributed by atoms with Crippen molar-refractivity contribution in [2.75, 3.05) is 0 Å². The maximum absolute atomic E-state index is 12.9. The number of carbonyl (C=O) groups excluding carboxylic acids is 1. The molecule has 4 heteroatoms. The largest absolute Gasteiger partial charge is 0.417 e. The molecule has 0 fully saturated rings. The van der Waals surface area contributed by atoms with Crippen LogP contribution < -0.4 is 0 Å². The molecule has 0 saturated heterocycles. The molecule has 0 saturated carbocycles. The maximum atomic E-state index is 12.9. The molecular weight excluding hydrogens is 253 g/mol. The van der Waals surface area contributed by atoms with Gasteiger partial charge in [-0.25, -0.2) is 0 Å². The summed E-state index contributed by atoms with van der Waals surface area (Å²) in [7, 11) is 0. The van der Waals surface area contributed by atoms with Gasteiger partial charge in [-0.05, 0) is 29.5 Å². The van der Waals surface area contributed by atoms with Gasteiger partial charge in [-0.1, -0.05) is 45.0 Å². The fraction of sp³-hybridized carbons (Fsp3) is 0.400. The first kappa shape index (κ1) is 15.5. The van der Waals surface area contributed by atoms with Gasteiger partial charge in [0.25, 0.3) is 0 Å². The molecule has 0 bridgehead atoms. The van der Waals surface area contributed by atoms with E-state index in [-0.39, 0.29) is 11.0 Å². The van der Waals surface area contributed by atoms with E-state index < -0.39 is 17.5 Å². The lowest BCUT2D eigenvalue weighted by atomic mass is 9.86. The Balaban J connectivity index is 3.24. The van der Waals surface area contributed by atoms with Gasteiger partial charge >= 0.3 is 6.18 Å². The summed E-state index contributed by atoms with van der Waals surface area (Å²) in [5.41, 5.74) is -0.0712. The van der Waals surface area contributed by atoms with Gasteiger partial charge in [0.05, 0.1) is 5.57 Å². The molecule has 0 spiro atoms. The number of allylic oxidation sites excluding steroid dienone is 2. The van der Waals surface area contributed by atoms with Crippen molar-refractivity contribution >= 4 is 11.4 Å². The van der Waals surface area contributed by atoms with Crippen LogP contribution >= 0.6 is 0 Å². The average molecular weight is 270 g/mol. The predicted octanol–water partition coefficient (Wildman–Crippen LogP) is 4.52. The van der Waals surface area contributed by atoms with Crippen LogP contribution in [0.1, 0.15) is 38.8 Å². The summed E-state index contributed by atoms with van der Waals surface area (Å²) in [5.74, 6) is -0.618. The summed E-state index contributed by atoms with van der Waals surface area (Å²) in [6, 6.07) is 6.13. The Kier molecular flexibility index (Phi) is 4.23. The summed E-state index contributed by atoms with van der Waals surface area (Å²) in [6.07, 6.45) is -3.90. The SMILES string of the molecule is CC(=O)/C=C(\c1ccc(C(C)(C)C)cc1)C(F)(F)F. The molecule has 1 aromatic rings. The molecule has 104 valence electrons. The normalized spacial score (nSPS) is 13.5. The lowest BCUT2D eigenvalue weighted by molar-refractivity contribution is -0.113. The van der Waals surface area contributed by atoms with E-state index in [1.807, 2.05) is 20.8 Å². The van der Waals surface area contributed by atoms with E-state index in [2.05, 4.69) is 0 Å². The number of alkyl halides is 3. The molecule has 1 nitrogen and oxygen atoms in total. The van der Waals surface area contributed by atoms with E-state index in [1.165, 1.54) is 12.1 Å². The lowest BCUT2D eigenvalue weighted by Gasteiger charge is -2.20. The topological polar surface area (TPSA) is 17.1 Å². The smallest absolute Gasteiger partial charge is 0.295 e. The molecule has 0 unspecified atom stereocenters. The van der Waals surface area contributed by atoms with Crippen LogP contribution in [0.3, 0.4) is 0 Å².